The lowest BCUT2D eigenvalue weighted by molar-refractivity contribution is 0.563. The van der Waals surface area contributed by atoms with Crippen LogP contribution in [0.25, 0.3) is 0 Å². The molecule has 2 unspecified atom stereocenters. The Balaban J connectivity index is 1.83. The number of pyridine rings is 1. The van der Waals surface area contributed by atoms with Crippen molar-refractivity contribution < 1.29 is 4.39 Å². The van der Waals surface area contributed by atoms with Gasteiger partial charge in [-0.2, -0.15) is 0 Å². The molecule has 2 aliphatic heterocycles. The van der Waals surface area contributed by atoms with Crippen LogP contribution in [0.5, 0.6) is 0 Å². The second-order valence-corrected chi connectivity index (χ2v) is 5.75. The summed E-state index contributed by atoms with van der Waals surface area (Å²) in [5.41, 5.74) is 0. The molecule has 2 fully saturated rings. The van der Waals surface area contributed by atoms with E-state index in [0.29, 0.717) is 22.4 Å². The van der Waals surface area contributed by atoms with Crippen molar-refractivity contribution in [3.63, 3.8) is 0 Å². The number of halogens is 2. The van der Waals surface area contributed by atoms with E-state index in [-0.39, 0.29) is 5.82 Å². The standard InChI is InChI=1S/C12H15BrFN3/c13-8-5-11(14)12(15-6-8)17-4-3-9-1-2-10(7-17)16-9/h5-6,9-10,16H,1-4,7H2. The van der Waals surface area contributed by atoms with Crippen molar-refractivity contribution in [3.8, 4) is 0 Å². The van der Waals surface area contributed by atoms with Crippen molar-refractivity contribution >= 4 is 21.7 Å². The zero-order valence-corrected chi connectivity index (χ0v) is 11.1. The highest BCUT2D eigenvalue weighted by Gasteiger charge is 2.30. The van der Waals surface area contributed by atoms with Crippen LogP contribution in [0.2, 0.25) is 0 Å². The first-order chi connectivity index (χ1) is 8.22. The minimum atomic E-state index is -0.239. The van der Waals surface area contributed by atoms with E-state index in [1.165, 1.54) is 18.9 Å². The number of fused-ring (bicyclic) bond motifs is 2. The van der Waals surface area contributed by atoms with E-state index in [2.05, 4.69) is 31.1 Å². The molecule has 1 N–H and O–H groups in total. The molecule has 0 aromatic carbocycles. The Morgan fingerprint density at radius 3 is 3.00 bits per heavy atom. The van der Waals surface area contributed by atoms with Crippen LogP contribution in [0.1, 0.15) is 19.3 Å². The average Bonchev–Trinajstić information content (AvgIpc) is 2.60. The SMILES string of the molecule is Fc1cc(Br)cnc1N1CCC2CCC(C1)N2. The molecule has 3 rings (SSSR count). The van der Waals surface area contributed by atoms with Gasteiger partial charge in [-0.15, -0.1) is 0 Å². The summed E-state index contributed by atoms with van der Waals surface area (Å²) in [5, 5.41) is 3.58. The summed E-state index contributed by atoms with van der Waals surface area (Å²) in [4.78, 5) is 6.27. The minimum absolute atomic E-state index is 0.239. The second kappa shape index (κ2) is 4.53. The van der Waals surface area contributed by atoms with E-state index in [9.17, 15) is 4.39 Å². The lowest BCUT2D eigenvalue weighted by atomic mass is 10.1. The first-order valence-electron chi connectivity index (χ1n) is 6.04. The van der Waals surface area contributed by atoms with Gasteiger partial charge in [0.05, 0.1) is 0 Å². The van der Waals surface area contributed by atoms with Gasteiger partial charge in [-0.3, -0.25) is 0 Å². The topological polar surface area (TPSA) is 28.2 Å². The lowest BCUT2D eigenvalue weighted by Crippen LogP contribution is -2.36. The van der Waals surface area contributed by atoms with E-state index in [1.54, 1.807) is 6.20 Å². The molecule has 0 spiro atoms. The minimum Gasteiger partial charge on any atom is -0.353 e. The molecule has 0 saturated carbocycles. The average molecular weight is 300 g/mol. The molecule has 0 radical (unpaired) electrons. The zero-order chi connectivity index (χ0) is 11.8. The Kier molecular flexibility index (Phi) is 3.04. The molecule has 5 heteroatoms. The van der Waals surface area contributed by atoms with Crippen LogP contribution in [-0.4, -0.2) is 30.2 Å². The highest BCUT2D eigenvalue weighted by molar-refractivity contribution is 9.10. The van der Waals surface area contributed by atoms with Crippen LogP contribution in [0.15, 0.2) is 16.7 Å². The monoisotopic (exact) mass is 299 g/mol. The Morgan fingerprint density at radius 1 is 1.35 bits per heavy atom. The third-order valence-electron chi connectivity index (χ3n) is 3.61. The van der Waals surface area contributed by atoms with Crippen LogP contribution in [0, 0.1) is 5.82 Å². The summed E-state index contributed by atoms with van der Waals surface area (Å²) in [6, 6.07) is 2.59. The molecule has 3 nitrogen and oxygen atoms in total. The van der Waals surface area contributed by atoms with Crippen molar-refractivity contribution in [2.24, 2.45) is 0 Å². The molecule has 2 atom stereocenters. The van der Waals surface area contributed by atoms with E-state index in [4.69, 9.17) is 0 Å². The van der Waals surface area contributed by atoms with Gasteiger partial charge in [0.25, 0.3) is 0 Å². The number of anilines is 1. The summed E-state index contributed by atoms with van der Waals surface area (Å²) in [7, 11) is 0. The molecule has 1 aromatic heterocycles. The van der Waals surface area contributed by atoms with Gasteiger partial charge in [0, 0.05) is 35.8 Å². The highest BCUT2D eigenvalue weighted by Crippen LogP contribution is 2.26. The predicted octanol–water partition coefficient (Wildman–Crippen LogP) is 2.31. The van der Waals surface area contributed by atoms with Crippen molar-refractivity contribution in [2.45, 2.75) is 31.3 Å². The fourth-order valence-corrected chi connectivity index (χ4v) is 3.08. The van der Waals surface area contributed by atoms with E-state index in [1.807, 2.05) is 0 Å². The highest BCUT2D eigenvalue weighted by atomic mass is 79.9. The number of nitrogens with zero attached hydrogens (tertiary/aromatic N) is 2. The van der Waals surface area contributed by atoms with E-state index in [0.717, 1.165) is 19.5 Å². The molecule has 2 saturated heterocycles. The number of hydrogen-bond donors (Lipinski definition) is 1. The maximum absolute atomic E-state index is 13.9. The lowest BCUT2D eigenvalue weighted by Gasteiger charge is -2.25. The number of rotatable bonds is 1. The quantitative estimate of drug-likeness (QED) is 0.862. The third kappa shape index (κ3) is 2.31. The molecule has 0 amide bonds. The van der Waals surface area contributed by atoms with Gasteiger partial charge in [-0.25, -0.2) is 9.37 Å². The maximum atomic E-state index is 13.9. The van der Waals surface area contributed by atoms with Gasteiger partial charge in [0.2, 0.25) is 0 Å². The Labute approximate surface area is 109 Å². The van der Waals surface area contributed by atoms with Gasteiger partial charge < -0.3 is 10.2 Å². The largest absolute Gasteiger partial charge is 0.353 e. The molecule has 2 aliphatic rings. The molecule has 1 aromatic rings. The van der Waals surface area contributed by atoms with Crippen LogP contribution in [0.3, 0.4) is 0 Å². The van der Waals surface area contributed by atoms with Gasteiger partial charge in [0.1, 0.15) is 0 Å². The van der Waals surface area contributed by atoms with Crippen LogP contribution in [0.4, 0.5) is 10.2 Å². The van der Waals surface area contributed by atoms with Crippen LogP contribution < -0.4 is 10.2 Å². The predicted molar refractivity (Wildman–Crippen MR) is 68.7 cm³/mol. The summed E-state index contributed by atoms with van der Waals surface area (Å²) >= 11 is 3.23. The normalized spacial score (nSPS) is 28.2. The molecule has 3 heterocycles. The summed E-state index contributed by atoms with van der Waals surface area (Å²) in [6.45, 7) is 1.75. The Bertz CT molecular complexity index is 426. The number of nitrogens with one attached hydrogen (secondary N) is 1. The zero-order valence-electron chi connectivity index (χ0n) is 9.50. The van der Waals surface area contributed by atoms with Crippen molar-refractivity contribution in [1.29, 1.82) is 0 Å². The number of aromatic nitrogens is 1. The third-order valence-corrected chi connectivity index (χ3v) is 4.04. The Hall–Kier alpha value is -0.680. The van der Waals surface area contributed by atoms with Gasteiger partial charge >= 0.3 is 0 Å². The maximum Gasteiger partial charge on any atom is 0.166 e. The summed E-state index contributed by atoms with van der Waals surface area (Å²) in [5.74, 6) is 0.250. The van der Waals surface area contributed by atoms with Crippen molar-refractivity contribution in [3.05, 3.63) is 22.6 Å². The molecule has 0 aliphatic carbocycles. The van der Waals surface area contributed by atoms with Crippen LogP contribution in [-0.2, 0) is 0 Å². The summed E-state index contributed by atoms with van der Waals surface area (Å²) in [6.07, 6.45) is 5.19. The first-order valence-corrected chi connectivity index (χ1v) is 6.84. The van der Waals surface area contributed by atoms with E-state index < -0.39 is 0 Å². The van der Waals surface area contributed by atoms with Gasteiger partial charge in [-0.1, -0.05) is 0 Å². The van der Waals surface area contributed by atoms with Crippen molar-refractivity contribution in [1.82, 2.24) is 10.3 Å². The fraction of sp³-hybridized carbons (Fsp3) is 0.583. The first kappa shape index (κ1) is 11.4. The van der Waals surface area contributed by atoms with Crippen LogP contribution >= 0.6 is 15.9 Å². The van der Waals surface area contributed by atoms with Gasteiger partial charge in [-0.05, 0) is 41.3 Å². The Morgan fingerprint density at radius 2 is 2.18 bits per heavy atom. The molecular formula is C12H15BrFN3. The molecular weight excluding hydrogens is 285 g/mol. The molecule has 92 valence electrons. The fourth-order valence-electron chi connectivity index (χ4n) is 2.78. The van der Waals surface area contributed by atoms with Crippen molar-refractivity contribution in [2.75, 3.05) is 18.0 Å². The molecule has 2 bridgehead atoms. The smallest absolute Gasteiger partial charge is 0.166 e. The molecule has 17 heavy (non-hydrogen) atoms. The summed E-state index contributed by atoms with van der Waals surface area (Å²) < 4.78 is 14.5. The number of hydrogen-bond acceptors (Lipinski definition) is 3. The van der Waals surface area contributed by atoms with Gasteiger partial charge in [0.15, 0.2) is 11.6 Å². The van der Waals surface area contributed by atoms with E-state index >= 15 is 0 Å². The second-order valence-electron chi connectivity index (χ2n) is 4.83.